The van der Waals surface area contributed by atoms with Crippen molar-refractivity contribution < 1.29 is 19.0 Å². The molecule has 1 fully saturated rings. The summed E-state index contributed by atoms with van der Waals surface area (Å²) in [7, 11) is 1.61. The Hall–Kier alpha value is -3.77. The molecule has 1 amide bonds. The van der Waals surface area contributed by atoms with Crippen molar-refractivity contribution in [1.29, 1.82) is 0 Å². The average molecular weight is 445 g/mol. The molecule has 1 saturated heterocycles. The fourth-order valence-corrected chi connectivity index (χ4v) is 3.54. The molecular formula is C27H28N2O4. The standard InChI is InChI=1S/C27H28N2O4/c1-31-25-4-2-3-5-26(25)33-24-13-8-22(9-14-24)20-28-27(30)15-10-21-6-11-23(12-7-21)29-16-18-32-19-17-29/h2-15H,16-20H2,1H3,(H,28,30)/b15-10+. The van der Waals surface area contributed by atoms with E-state index < -0.39 is 0 Å². The molecule has 0 aliphatic carbocycles. The van der Waals surface area contributed by atoms with Crippen molar-refractivity contribution in [3.05, 3.63) is 90.0 Å². The Morgan fingerprint density at radius 2 is 1.67 bits per heavy atom. The number of nitrogens with one attached hydrogen (secondary N) is 1. The van der Waals surface area contributed by atoms with Gasteiger partial charge in [-0.2, -0.15) is 0 Å². The monoisotopic (exact) mass is 444 g/mol. The van der Waals surface area contributed by atoms with Crippen molar-refractivity contribution >= 4 is 17.7 Å². The summed E-state index contributed by atoms with van der Waals surface area (Å²) in [6.45, 7) is 3.78. The lowest BCUT2D eigenvalue weighted by Crippen LogP contribution is -2.36. The summed E-state index contributed by atoms with van der Waals surface area (Å²) in [4.78, 5) is 14.5. The molecule has 3 aromatic carbocycles. The minimum absolute atomic E-state index is 0.137. The molecule has 0 atom stereocenters. The first-order valence-corrected chi connectivity index (χ1v) is 11.0. The number of nitrogens with zero attached hydrogens (tertiary/aromatic N) is 1. The van der Waals surface area contributed by atoms with Crippen LogP contribution in [0, 0.1) is 0 Å². The van der Waals surface area contributed by atoms with E-state index in [2.05, 4.69) is 22.3 Å². The number of rotatable bonds is 8. The van der Waals surface area contributed by atoms with Crippen LogP contribution in [0.2, 0.25) is 0 Å². The highest BCUT2D eigenvalue weighted by molar-refractivity contribution is 5.91. The maximum absolute atomic E-state index is 12.2. The van der Waals surface area contributed by atoms with Gasteiger partial charge in [-0.3, -0.25) is 4.79 Å². The van der Waals surface area contributed by atoms with E-state index >= 15 is 0 Å². The zero-order valence-corrected chi connectivity index (χ0v) is 18.7. The highest BCUT2D eigenvalue weighted by Gasteiger charge is 2.10. The van der Waals surface area contributed by atoms with Gasteiger partial charge in [0.15, 0.2) is 11.5 Å². The van der Waals surface area contributed by atoms with Crippen LogP contribution in [0.5, 0.6) is 17.2 Å². The Labute approximate surface area is 194 Å². The van der Waals surface area contributed by atoms with Crippen LogP contribution in [0.3, 0.4) is 0 Å². The van der Waals surface area contributed by atoms with E-state index in [4.69, 9.17) is 14.2 Å². The van der Waals surface area contributed by atoms with E-state index in [0.29, 0.717) is 23.8 Å². The third-order valence-electron chi connectivity index (χ3n) is 5.38. The highest BCUT2D eigenvalue weighted by atomic mass is 16.5. The van der Waals surface area contributed by atoms with E-state index in [1.165, 1.54) is 5.69 Å². The molecule has 0 unspecified atom stereocenters. The van der Waals surface area contributed by atoms with E-state index in [9.17, 15) is 4.79 Å². The second kappa shape index (κ2) is 11.2. The lowest BCUT2D eigenvalue weighted by molar-refractivity contribution is -0.116. The first-order valence-electron chi connectivity index (χ1n) is 11.0. The van der Waals surface area contributed by atoms with Crippen LogP contribution in [0.4, 0.5) is 5.69 Å². The summed E-state index contributed by atoms with van der Waals surface area (Å²) in [6.07, 6.45) is 3.38. The van der Waals surface area contributed by atoms with Gasteiger partial charge in [0.25, 0.3) is 0 Å². The van der Waals surface area contributed by atoms with Gasteiger partial charge in [0.2, 0.25) is 5.91 Å². The number of hydrogen-bond acceptors (Lipinski definition) is 5. The van der Waals surface area contributed by atoms with Gasteiger partial charge in [-0.25, -0.2) is 0 Å². The predicted octanol–water partition coefficient (Wildman–Crippen LogP) is 4.65. The molecule has 33 heavy (non-hydrogen) atoms. The second-order valence-corrected chi connectivity index (χ2v) is 7.64. The molecule has 1 N–H and O–H groups in total. The molecule has 0 saturated carbocycles. The third-order valence-corrected chi connectivity index (χ3v) is 5.38. The number of carbonyl (C=O) groups is 1. The van der Waals surface area contributed by atoms with Gasteiger partial charge in [-0.15, -0.1) is 0 Å². The minimum Gasteiger partial charge on any atom is -0.493 e. The van der Waals surface area contributed by atoms with Crippen molar-refractivity contribution in [2.75, 3.05) is 38.3 Å². The van der Waals surface area contributed by atoms with E-state index in [-0.39, 0.29) is 5.91 Å². The second-order valence-electron chi connectivity index (χ2n) is 7.64. The molecule has 3 aromatic rings. The Bertz CT molecular complexity index is 1070. The lowest BCUT2D eigenvalue weighted by Gasteiger charge is -2.28. The van der Waals surface area contributed by atoms with Gasteiger partial charge in [0.1, 0.15) is 5.75 Å². The fraction of sp³-hybridized carbons (Fsp3) is 0.222. The van der Waals surface area contributed by atoms with Crippen LogP contribution in [0.25, 0.3) is 6.08 Å². The van der Waals surface area contributed by atoms with Crippen LogP contribution in [0.1, 0.15) is 11.1 Å². The maximum Gasteiger partial charge on any atom is 0.244 e. The number of para-hydroxylation sites is 2. The molecule has 1 heterocycles. The molecule has 1 aliphatic heterocycles. The number of ether oxygens (including phenoxy) is 3. The Balaban J connectivity index is 1.26. The Kier molecular flexibility index (Phi) is 7.61. The Morgan fingerprint density at radius 3 is 2.36 bits per heavy atom. The van der Waals surface area contributed by atoms with Crippen LogP contribution in [-0.2, 0) is 16.1 Å². The molecular weight excluding hydrogens is 416 g/mol. The number of benzene rings is 3. The van der Waals surface area contributed by atoms with Gasteiger partial charge in [-0.1, -0.05) is 36.4 Å². The molecule has 1 aliphatic rings. The first-order chi connectivity index (χ1) is 16.2. The molecule has 170 valence electrons. The van der Waals surface area contributed by atoms with Crippen LogP contribution < -0.4 is 19.7 Å². The minimum atomic E-state index is -0.137. The number of carbonyl (C=O) groups excluding carboxylic acids is 1. The van der Waals surface area contributed by atoms with Crippen LogP contribution >= 0.6 is 0 Å². The fourth-order valence-electron chi connectivity index (χ4n) is 3.54. The van der Waals surface area contributed by atoms with Crippen LogP contribution in [-0.4, -0.2) is 39.3 Å². The third kappa shape index (κ3) is 6.37. The molecule has 6 nitrogen and oxygen atoms in total. The quantitative estimate of drug-likeness (QED) is 0.513. The molecule has 4 rings (SSSR count). The van der Waals surface area contributed by atoms with Crippen molar-refractivity contribution in [1.82, 2.24) is 5.32 Å². The van der Waals surface area contributed by atoms with Crippen molar-refractivity contribution in [2.45, 2.75) is 6.54 Å². The van der Waals surface area contributed by atoms with Crippen molar-refractivity contribution in [2.24, 2.45) is 0 Å². The highest BCUT2D eigenvalue weighted by Crippen LogP contribution is 2.30. The van der Waals surface area contributed by atoms with Crippen molar-refractivity contribution in [3.8, 4) is 17.2 Å². The molecule has 0 aromatic heterocycles. The zero-order chi connectivity index (χ0) is 22.9. The van der Waals surface area contributed by atoms with Gasteiger partial charge in [0.05, 0.1) is 20.3 Å². The van der Waals surface area contributed by atoms with Gasteiger partial charge in [0, 0.05) is 31.4 Å². The molecule has 0 spiro atoms. The van der Waals surface area contributed by atoms with Crippen LogP contribution in [0.15, 0.2) is 78.9 Å². The number of morpholine rings is 1. The Morgan fingerprint density at radius 1 is 0.970 bits per heavy atom. The summed E-state index contributed by atoms with van der Waals surface area (Å²) in [5.74, 6) is 1.90. The average Bonchev–Trinajstić information content (AvgIpc) is 2.88. The normalized spacial score (nSPS) is 13.7. The lowest BCUT2D eigenvalue weighted by atomic mass is 10.1. The van der Waals surface area contributed by atoms with E-state index in [0.717, 1.165) is 37.4 Å². The molecule has 0 bridgehead atoms. The summed E-state index contributed by atoms with van der Waals surface area (Å²) >= 11 is 0. The van der Waals surface area contributed by atoms with E-state index in [1.807, 2.05) is 66.7 Å². The summed E-state index contributed by atoms with van der Waals surface area (Å²) < 4.78 is 16.6. The summed E-state index contributed by atoms with van der Waals surface area (Å²) in [6, 6.07) is 23.3. The van der Waals surface area contributed by atoms with E-state index in [1.54, 1.807) is 13.2 Å². The summed E-state index contributed by atoms with van der Waals surface area (Å²) in [5.41, 5.74) is 3.15. The van der Waals surface area contributed by atoms with Crippen molar-refractivity contribution in [3.63, 3.8) is 0 Å². The molecule has 0 radical (unpaired) electrons. The van der Waals surface area contributed by atoms with Gasteiger partial charge < -0.3 is 24.4 Å². The smallest absolute Gasteiger partial charge is 0.244 e. The SMILES string of the molecule is COc1ccccc1Oc1ccc(CNC(=O)/C=C/c2ccc(N3CCOCC3)cc2)cc1. The number of hydrogen-bond donors (Lipinski definition) is 1. The molecule has 6 heteroatoms. The number of methoxy groups -OCH3 is 1. The first kappa shape index (κ1) is 22.4. The summed E-state index contributed by atoms with van der Waals surface area (Å²) in [5, 5.41) is 2.91. The van der Waals surface area contributed by atoms with Gasteiger partial charge >= 0.3 is 0 Å². The predicted molar refractivity (Wildman–Crippen MR) is 130 cm³/mol. The largest absolute Gasteiger partial charge is 0.493 e. The van der Waals surface area contributed by atoms with Gasteiger partial charge in [-0.05, 0) is 53.6 Å². The zero-order valence-electron chi connectivity index (χ0n) is 18.7. The topological polar surface area (TPSA) is 60.0 Å². The number of amides is 1. The maximum atomic E-state index is 12.2. The number of anilines is 1.